The largest absolute Gasteiger partial charge is 0.310 e. The molecule has 0 atom stereocenters. The maximum atomic E-state index is 5.21. The van der Waals surface area contributed by atoms with Gasteiger partial charge in [-0.3, -0.25) is 0 Å². The van der Waals surface area contributed by atoms with Crippen LogP contribution in [0.2, 0.25) is 0 Å². The van der Waals surface area contributed by atoms with E-state index >= 15 is 0 Å². The minimum atomic E-state index is -0.514. The number of para-hydroxylation sites is 3. The van der Waals surface area contributed by atoms with Crippen LogP contribution in [0.3, 0.4) is 0 Å². The van der Waals surface area contributed by atoms with Crippen LogP contribution in [0.1, 0.15) is 22.3 Å². The molecule has 38 heavy (non-hydrogen) atoms. The van der Waals surface area contributed by atoms with E-state index in [0.717, 1.165) is 28.3 Å². The zero-order valence-corrected chi connectivity index (χ0v) is 20.6. The van der Waals surface area contributed by atoms with Crippen molar-refractivity contribution in [3.05, 3.63) is 162 Å². The fourth-order valence-corrected chi connectivity index (χ4v) is 6.43. The van der Waals surface area contributed by atoms with Crippen LogP contribution in [-0.4, -0.2) is 9.97 Å². The fraction of sp³-hybridized carbons (Fsp3) is 0.0286. The Morgan fingerprint density at radius 2 is 1.05 bits per heavy atom. The molecule has 178 valence electrons. The maximum absolute atomic E-state index is 5.21. The predicted octanol–water partition coefficient (Wildman–Crippen LogP) is 8.29. The highest BCUT2D eigenvalue weighted by atomic mass is 15.2. The Kier molecular flexibility index (Phi) is 4.44. The van der Waals surface area contributed by atoms with Crippen molar-refractivity contribution in [2.24, 2.45) is 0 Å². The van der Waals surface area contributed by atoms with Gasteiger partial charge >= 0.3 is 0 Å². The van der Waals surface area contributed by atoms with E-state index in [9.17, 15) is 0 Å². The lowest BCUT2D eigenvalue weighted by molar-refractivity contribution is 0.746. The summed E-state index contributed by atoms with van der Waals surface area (Å²) in [6.45, 7) is 0. The minimum absolute atomic E-state index is 0.514. The molecule has 0 unspecified atom stereocenters. The van der Waals surface area contributed by atoms with Gasteiger partial charge in [0.25, 0.3) is 0 Å². The van der Waals surface area contributed by atoms with E-state index in [4.69, 9.17) is 9.97 Å². The van der Waals surface area contributed by atoms with E-state index in [1.165, 1.54) is 33.6 Å². The summed E-state index contributed by atoms with van der Waals surface area (Å²) in [5, 5.41) is 0. The zero-order valence-electron chi connectivity index (χ0n) is 20.6. The molecule has 0 fully saturated rings. The van der Waals surface area contributed by atoms with E-state index in [1.807, 2.05) is 18.2 Å². The summed E-state index contributed by atoms with van der Waals surface area (Å²) in [7, 11) is 0. The number of hydrogen-bond donors (Lipinski definition) is 0. The molecule has 0 saturated carbocycles. The summed E-state index contributed by atoms with van der Waals surface area (Å²) in [6.07, 6.45) is 2.07. The van der Waals surface area contributed by atoms with Crippen LogP contribution in [0.5, 0.6) is 0 Å². The Bertz CT molecular complexity index is 1780. The summed E-state index contributed by atoms with van der Waals surface area (Å²) >= 11 is 0. The Labute approximate surface area is 221 Å². The molecule has 1 aliphatic carbocycles. The molecule has 8 rings (SSSR count). The molecule has 5 aromatic carbocycles. The summed E-state index contributed by atoms with van der Waals surface area (Å²) in [6, 6.07) is 47.2. The number of benzene rings is 5. The number of anilines is 3. The molecule has 0 N–H and O–H groups in total. The third-order valence-corrected chi connectivity index (χ3v) is 7.92. The summed E-state index contributed by atoms with van der Waals surface area (Å²) in [5.74, 6) is 0.750. The molecule has 0 radical (unpaired) electrons. The van der Waals surface area contributed by atoms with Gasteiger partial charge in [0.1, 0.15) is 0 Å². The van der Waals surface area contributed by atoms with Crippen molar-refractivity contribution in [1.82, 2.24) is 9.97 Å². The lowest BCUT2D eigenvalue weighted by Crippen LogP contribution is -2.36. The van der Waals surface area contributed by atoms with E-state index in [-0.39, 0.29) is 0 Å². The van der Waals surface area contributed by atoms with Gasteiger partial charge in [0.15, 0.2) is 5.82 Å². The highest BCUT2D eigenvalue weighted by Gasteiger charge is 2.52. The van der Waals surface area contributed by atoms with Gasteiger partial charge < -0.3 is 4.90 Å². The van der Waals surface area contributed by atoms with Crippen LogP contribution >= 0.6 is 0 Å². The van der Waals surface area contributed by atoms with E-state index < -0.39 is 5.41 Å². The van der Waals surface area contributed by atoms with Crippen LogP contribution in [0, 0.1) is 0 Å². The maximum Gasteiger partial charge on any atom is 0.159 e. The van der Waals surface area contributed by atoms with Gasteiger partial charge in [-0.2, -0.15) is 0 Å². The number of aromatic nitrogens is 2. The highest BCUT2D eigenvalue weighted by molar-refractivity contribution is 5.94. The van der Waals surface area contributed by atoms with Crippen molar-refractivity contribution in [2.45, 2.75) is 5.41 Å². The normalized spacial score (nSPS) is 13.9. The predicted molar refractivity (Wildman–Crippen MR) is 153 cm³/mol. The minimum Gasteiger partial charge on any atom is -0.310 e. The lowest BCUT2D eigenvalue weighted by Gasteiger charge is -2.44. The first kappa shape index (κ1) is 21.1. The Hall–Kier alpha value is -5.02. The van der Waals surface area contributed by atoms with Gasteiger partial charge in [0.05, 0.1) is 22.5 Å². The quantitative estimate of drug-likeness (QED) is 0.247. The van der Waals surface area contributed by atoms with Gasteiger partial charge in [-0.05, 0) is 41.0 Å². The Morgan fingerprint density at radius 1 is 0.500 bits per heavy atom. The molecule has 0 amide bonds. The van der Waals surface area contributed by atoms with Crippen LogP contribution in [0.25, 0.3) is 22.6 Å². The van der Waals surface area contributed by atoms with Crippen molar-refractivity contribution in [2.75, 3.05) is 4.90 Å². The standard InChI is InChI=1S/C35H23N3/c1-3-13-24(14-4-1)34-36-23-30-33(37-34)26-17-7-8-18-27(26)35(30)28-19-9-11-21-31(28)38(25-15-5-2-6-16-25)32-22-12-10-20-29(32)35/h1-23H. The van der Waals surface area contributed by atoms with Crippen molar-refractivity contribution >= 4 is 17.1 Å². The second kappa shape index (κ2) is 7.99. The molecule has 0 saturated heterocycles. The highest BCUT2D eigenvalue weighted by Crippen LogP contribution is 2.62. The molecule has 1 aromatic heterocycles. The van der Waals surface area contributed by atoms with Gasteiger partial charge in [0.2, 0.25) is 0 Å². The zero-order chi connectivity index (χ0) is 25.1. The monoisotopic (exact) mass is 485 g/mol. The molecule has 0 bridgehead atoms. The molecule has 2 aliphatic rings. The third-order valence-electron chi connectivity index (χ3n) is 7.92. The van der Waals surface area contributed by atoms with E-state index in [0.29, 0.717) is 0 Å². The van der Waals surface area contributed by atoms with Crippen LogP contribution in [0.15, 0.2) is 140 Å². The summed E-state index contributed by atoms with van der Waals surface area (Å²) in [5.41, 5.74) is 11.0. The second-order valence-corrected chi connectivity index (χ2v) is 9.82. The molecule has 2 heterocycles. The average molecular weight is 486 g/mol. The number of fused-ring (bicyclic) bond motifs is 9. The lowest BCUT2D eigenvalue weighted by atomic mass is 9.65. The first-order valence-electron chi connectivity index (χ1n) is 12.9. The first-order valence-corrected chi connectivity index (χ1v) is 12.9. The first-order chi connectivity index (χ1) is 18.9. The topological polar surface area (TPSA) is 29.0 Å². The molecule has 3 nitrogen and oxygen atoms in total. The van der Waals surface area contributed by atoms with Crippen LogP contribution in [-0.2, 0) is 5.41 Å². The van der Waals surface area contributed by atoms with Crippen molar-refractivity contribution < 1.29 is 0 Å². The van der Waals surface area contributed by atoms with Gasteiger partial charge in [0, 0.05) is 28.6 Å². The molecule has 6 aromatic rings. The summed E-state index contributed by atoms with van der Waals surface area (Å²) in [4.78, 5) is 12.5. The smallest absolute Gasteiger partial charge is 0.159 e. The molecular formula is C35H23N3. The molecular weight excluding hydrogens is 462 g/mol. The molecule has 3 heteroatoms. The van der Waals surface area contributed by atoms with Crippen molar-refractivity contribution in [1.29, 1.82) is 0 Å². The SMILES string of the molecule is c1ccc(-c2ncc3c(n2)-c2ccccc2C32c3ccccc3N(c3ccccc3)c3ccccc32)cc1. The van der Waals surface area contributed by atoms with Crippen molar-refractivity contribution in [3.8, 4) is 22.6 Å². The third kappa shape index (κ3) is 2.73. The van der Waals surface area contributed by atoms with Gasteiger partial charge in [-0.15, -0.1) is 0 Å². The fourth-order valence-electron chi connectivity index (χ4n) is 6.43. The van der Waals surface area contributed by atoms with Crippen molar-refractivity contribution in [3.63, 3.8) is 0 Å². The van der Waals surface area contributed by atoms with E-state index in [2.05, 4.69) is 126 Å². The second-order valence-electron chi connectivity index (χ2n) is 9.82. The molecule has 1 aliphatic heterocycles. The number of rotatable bonds is 2. The Balaban J connectivity index is 1.49. The van der Waals surface area contributed by atoms with Gasteiger partial charge in [-0.25, -0.2) is 9.97 Å². The van der Waals surface area contributed by atoms with Gasteiger partial charge in [-0.1, -0.05) is 109 Å². The van der Waals surface area contributed by atoms with E-state index in [1.54, 1.807) is 0 Å². The number of nitrogens with zero attached hydrogens (tertiary/aromatic N) is 3. The Morgan fingerprint density at radius 3 is 1.74 bits per heavy atom. The average Bonchev–Trinajstić information content (AvgIpc) is 3.29. The molecule has 1 spiro atoms. The van der Waals surface area contributed by atoms with Crippen LogP contribution < -0.4 is 4.90 Å². The number of hydrogen-bond acceptors (Lipinski definition) is 3. The van der Waals surface area contributed by atoms with Crippen LogP contribution in [0.4, 0.5) is 17.1 Å². The summed E-state index contributed by atoms with van der Waals surface area (Å²) < 4.78 is 0.